The second-order valence-electron chi connectivity index (χ2n) is 6.61. The molecule has 0 saturated carbocycles. The molecule has 1 unspecified atom stereocenters. The van der Waals surface area contributed by atoms with E-state index in [4.69, 9.17) is 19.4 Å². The standard InChI is InChI=1S/C18H23N5O4S/c24-28(25)13-14-1-2-19-12-15(14)16-11-17(22-3-7-26-8-4-22)21-18(20-16)23-5-9-27-10-6-23/h1-2,11-12H,3-10,13H2,(H,24,25). The van der Waals surface area contributed by atoms with Crippen molar-refractivity contribution in [2.75, 3.05) is 62.4 Å². The summed E-state index contributed by atoms with van der Waals surface area (Å²) < 4.78 is 31.7. The Morgan fingerprint density at radius 1 is 1.04 bits per heavy atom. The largest absolute Gasteiger partial charge is 0.378 e. The van der Waals surface area contributed by atoms with Gasteiger partial charge in [-0.2, -0.15) is 4.98 Å². The smallest absolute Gasteiger partial charge is 0.228 e. The van der Waals surface area contributed by atoms with Gasteiger partial charge < -0.3 is 23.8 Å². The van der Waals surface area contributed by atoms with Crippen LogP contribution in [-0.2, 0) is 26.3 Å². The van der Waals surface area contributed by atoms with E-state index in [9.17, 15) is 8.76 Å². The minimum Gasteiger partial charge on any atom is -0.378 e. The number of rotatable bonds is 5. The van der Waals surface area contributed by atoms with Crippen molar-refractivity contribution < 1.29 is 18.2 Å². The molecule has 0 amide bonds. The predicted octanol–water partition coefficient (Wildman–Crippen LogP) is 0.933. The summed E-state index contributed by atoms with van der Waals surface area (Å²) in [5, 5.41) is 0. The van der Waals surface area contributed by atoms with Crippen LogP contribution >= 0.6 is 0 Å². The molecule has 2 aromatic rings. The zero-order valence-corrected chi connectivity index (χ0v) is 16.3. The Morgan fingerprint density at radius 2 is 1.71 bits per heavy atom. The number of morpholine rings is 2. The lowest BCUT2D eigenvalue weighted by Crippen LogP contribution is -2.39. The van der Waals surface area contributed by atoms with Crippen molar-refractivity contribution in [1.29, 1.82) is 0 Å². The Hall–Kier alpha value is -2.14. The Labute approximate surface area is 166 Å². The van der Waals surface area contributed by atoms with Crippen molar-refractivity contribution >= 4 is 22.8 Å². The average molecular weight is 405 g/mol. The van der Waals surface area contributed by atoms with E-state index in [0.717, 1.165) is 43.1 Å². The third-order valence-electron chi connectivity index (χ3n) is 4.80. The summed E-state index contributed by atoms with van der Waals surface area (Å²) in [6, 6.07) is 3.68. The molecule has 150 valence electrons. The van der Waals surface area contributed by atoms with Crippen LogP contribution in [0.5, 0.6) is 0 Å². The molecule has 2 aliphatic rings. The second-order valence-corrected chi connectivity index (χ2v) is 7.54. The molecule has 2 saturated heterocycles. The number of hydrogen-bond donors (Lipinski definition) is 1. The molecule has 2 aromatic heterocycles. The molecule has 2 aliphatic heterocycles. The number of hydrogen-bond acceptors (Lipinski definition) is 8. The molecular formula is C18H23N5O4S. The number of pyridine rings is 1. The number of ether oxygens (including phenoxy) is 2. The van der Waals surface area contributed by atoms with E-state index in [0.29, 0.717) is 38.1 Å². The van der Waals surface area contributed by atoms with Crippen molar-refractivity contribution in [3.8, 4) is 11.3 Å². The topological polar surface area (TPSA) is 101 Å². The molecule has 10 heteroatoms. The summed E-state index contributed by atoms with van der Waals surface area (Å²) >= 11 is -1.94. The van der Waals surface area contributed by atoms with Crippen LogP contribution in [0.15, 0.2) is 24.5 Å². The lowest BCUT2D eigenvalue weighted by Gasteiger charge is -2.31. The summed E-state index contributed by atoms with van der Waals surface area (Å²) in [5.74, 6) is 1.50. The highest BCUT2D eigenvalue weighted by molar-refractivity contribution is 7.78. The van der Waals surface area contributed by atoms with Gasteiger partial charge in [0.25, 0.3) is 0 Å². The SMILES string of the molecule is O=S(O)Cc1ccncc1-c1cc(N2CCOCC2)nc(N2CCOCC2)n1. The van der Waals surface area contributed by atoms with Crippen molar-refractivity contribution in [2.24, 2.45) is 0 Å². The van der Waals surface area contributed by atoms with E-state index in [1.807, 2.05) is 6.07 Å². The van der Waals surface area contributed by atoms with Crippen LogP contribution in [0.3, 0.4) is 0 Å². The van der Waals surface area contributed by atoms with Gasteiger partial charge in [0, 0.05) is 50.2 Å². The second kappa shape index (κ2) is 8.91. The van der Waals surface area contributed by atoms with Crippen molar-refractivity contribution in [3.63, 3.8) is 0 Å². The van der Waals surface area contributed by atoms with Crippen LogP contribution in [0.2, 0.25) is 0 Å². The maximum absolute atomic E-state index is 11.4. The fraction of sp³-hybridized carbons (Fsp3) is 0.500. The Morgan fingerprint density at radius 3 is 2.39 bits per heavy atom. The maximum atomic E-state index is 11.4. The molecule has 28 heavy (non-hydrogen) atoms. The van der Waals surface area contributed by atoms with Crippen molar-refractivity contribution in [2.45, 2.75) is 5.75 Å². The van der Waals surface area contributed by atoms with Gasteiger partial charge in [-0.25, -0.2) is 9.19 Å². The van der Waals surface area contributed by atoms with E-state index >= 15 is 0 Å². The Kier molecular flexibility index (Phi) is 6.10. The van der Waals surface area contributed by atoms with Gasteiger partial charge in [0.2, 0.25) is 5.95 Å². The van der Waals surface area contributed by atoms with E-state index in [1.165, 1.54) is 0 Å². The highest BCUT2D eigenvalue weighted by atomic mass is 32.2. The van der Waals surface area contributed by atoms with Gasteiger partial charge in [0.05, 0.1) is 37.9 Å². The fourth-order valence-electron chi connectivity index (χ4n) is 3.33. The van der Waals surface area contributed by atoms with Crippen LogP contribution in [0.1, 0.15) is 5.56 Å². The Balaban J connectivity index is 1.76. The molecule has 4 rings (SSSR count). The van der Waals surface area contributed by atoms with E-state index in [2.05, 4.69) is 14.8 Å². The van der Waals surface area contributed by atoms with E-state index < -0.39 is 11.1 Å². The lowest BCUT2D eigenvalue weighted by molar-refractivity contribution is 0.121. The average Bonchev–Trinajstić information content (AvgIpc) is 2.75. The molecular weight excluding hydrogens is 382 g/mol. The van der Waals surface area contributed by atoms with Crippen LogP contribution < -0.4 is 9.80 Å². The van der Waals surface area contributed by atoms with Gasteiger partial charge >= 0.3 is 0 Å². The molecule has 0 radical (unpaired) electrons. The monoisotopic (exact) mass is 405 g/mol. The molecule has 1 atom stereocenters. The summed E-state index contributed by atoms with van der Waals surface area (Å²) in [5.41, 5.74) is 2.18. The zero-order valence-electron chi connectivity index (χ0n) is 15.5. The van der Waals surface area contributed by atoms with E-state index in [-0.39, 0.29) is 5.75 Å². The summed E-state index contributed by atoms with van der Waals surface area (Å²) in [6.45, 7) is 5.59. The summed E-state index contributed by atoms with van der Waals surface area (Å²) in [6.07, 6.45) is 3.31. The maximum Gasteiger partial charge on any atom is 0.228 e. The van der Waals surface area contributed by atoms with Crippen LogP contribution in [0.4, 0.5) is 11.8 Å². The first-order valence-electron chi connectivity index (χ1n) is 9.26. The van der Waals surface area contributed by atoms with Gasteiger partial charge in [0.15, 0.2) is 11.1 Å². The third-order valence-corrected chi connectivity index (χ3v) is 5.35. The quantitative estimate of drug-likeness (QED) is 0.728. The molecule has 1 N–H and O–H groups in total. The highest BCUT2D eigenvalue weighted by Crippen LogP contribution is 2.28. The van der Waals surface area contributed by atoms with Gasteiger partial charge in [-0.3, -0.25) is 4.98 Å². The molecule has 0 aliphatic carbocycles. The van der Waals surface area contributed by atoms with Gasteiger partial charge in [0.1, 0.15) is 5.82 Å². The van der Waals surface area contributed by atoms with Crippen LogP contribution in [-0.4, -0.2) is 76.3 Å². The molecule has 9 nitrogen and oxygen atoms in total. The minimum atomic E-state index is -1.94. The molecule has 0 spiro atoms. The molecule has 2 fully saturated rings. The number of nitrogens with zero attached hydrogens (tertiary/aromatic N) is 5. The van der Waals surface area contributed by atoms with Crippen molar-refractivity contribution in [1.82, 2.24) is 15.0 Å². The third kappa shape index (κ3) is 4.46. The normalized spacial score (nSPS) is 18.9. The number of aromatic nitrogens is 3. The Bertz CT molecular complexity index is 804. The first-order valence-corrected chi connectivity index (χ1v) is 10.5. The highest BCUT2D eigenvalue weighted by Gasteiger charge is 2.21. The summed E-state index contributed by atoms with van der Waals surface area (Å²) in [4.78, 5) is 18.1. The zero-order chi connectivity index (χ0) is 19.3. The van der Waals surface area contributed by atoms with Crippen molar-refractivity contribution in [3.05, 3.63) is 30.1 Å². The van der Waals surface area contributed by atoms with E-state index in [1.54, 1.807) is 18.5 Å². The molecule has 0 bridgehead atoms. The fourth-order valence-corrected chi connectivity index (χ4v) is 3.85. The first kappa shape index (κ1) is 19.2. The van der Waals surface area contributed by atoms with Gasteiger partial charge in [-0.05, 0) is 11.6 Å². The first-order chi connectivity index (χ1) is 13.7. The number of anilines is 2. The molecule has 0 aromatic carbocycles. The van der Waals surface area contributed by atoms with Crippen LogP contribution in [0.25, 0.3) is 11.3 Å². The predicted molar refractivity (Wildman–Crippen MR) is 106 cm³/mol. The van der Waals surface area contributed by atoms with Gasteiger partial charge in [-0.15, -0.1) is 0 Å². The molecule has 4 heterocycles. The lowest BCUT2D eigenvalue weighted by atomic mass is 10.1. The van der Waals surface area contributed by atoms with Gasteiger partial charge in [-0.1, -0.05) is 0 Å². The van der Waals surface area contributed by atoms with Crippen LogP contribution in [0, 0.1) is 0 Å². The summed E-state index contributed by atoms with van der Waals surface area (Å²) in [7, 11) is 0. The minimum absolute atomic E-state index is 0.0294.